The normalized spacial score (nSPS) is 21.0. The molecule has 1 atom stereocenters. The van der Waals surface area contributed by atoms with Crippen molar-refractivity contribution in [3.63, 3.8) is 0 Å². The Balaban J connectivity index is 0.745. The van der Waals surface area contributed by atoms with Gasteiger partial charge in [-0.2, -0.15) is 0 Å². The fourth-order valence-corrected chi connectivity index (χ4v) is 8.39. The van der Waals surface area contributed by atoms with Gasteiger partial charge < -0.3 is 20.7 Å². The van der Waals surface area contributed by atoms with E-state index in [-0.39, 0.29) is 30.4 Å². The van der Waals surface area contributed by atoms with Crippen LogP contribution in [0.5, 0.6) is 11.5 Å². The van der Waals surface area contributed by atoms with E-state index in [0.29, 0.717) is 45.9 Å². The Morgan fingerprint density at radius 1 is 0.804 bits per heavy atom. The van der Waals surface area contributed by atoms with Crippen LogP contribution in [0.15, 0.2) is 79.1 Å². The maximum absolute atomic E-state index is 13.3. The van der Waals surface area contributed by atoms with Gasteiger partial charge in [-0.3, -0.25) is 44.6 Å². The zero-order valence-electron chi connectivity index (χ0n) is 30.7. The van der Waals surface area contributed by atoms with Gasteiger partial charge >= 0.3 is 0 Å². The maximum atomic E-state index is 13.3. The molecule has 0 unspecified atom stereocenters. The van der Waals surface area contributed by atoms with Gasteiger partial charge in [-0.25, -0.2) is 9.97 Å². The maximum Gasteiger partial charge on any atom is 0.262 e. The molecule has 286 valence electrons. The van der Waals surface area contributed by atoms with Crippen LogP contribution in [0.4, 0.5) is 17.3 Å². The molecule has 5 aliphatic heterocycles. The second kappa shape index (κ2) is 14.5. The van der Waals surface area contributed by atoms with Crippen molar-refractivity contribution in [2.24, 2.45) is 0 Å². The van der Waals surface area contributed by atoms with Crippen molar-refractivity contribution in [2.45, 2.75) is 49.9 Å². The molecule has 1 aromatic heterocycles. The number of hydrogen-bond donors (Lipinski definition) is 4. The minimum atomic E-state index is -0.971. The smallest absolute Gasteiger partial charge is 0.262 e. The van der Waals surface area contributed by atoms with E-state index in [1.54, 1.807) is 12.1 Å². The predicted molar refractivity (Wildman–Crippen MR) is 208 cm³/mol. The number of amides is 4. The van der Waals surface area contributed by atoms with Gasteiger partial charge in [0.25, 0.3) is 11.8 Å². The third kappa shape index (κ3) is 6.62. The lowest BCUT2D eigenvalue weighted by Crippen LogP contribution is -2.70. The number of likely N-dealkylation sites (tertiary alicyclic amines) is 2. The minimum absolute atomic E-state index is 0.0923. The summed E-state index contributed by atoms with van der Waals surface area (Å²) in [6, 6.07) is 22.4. The average molecular weight is 755 g/mol. The number of nitrogens with two attached hydrogens (primary N) is 1. The molecule has 15 heteroatoms. The monoisotopic (exact) mass is 754 g/mol. The van der Waals surface area contributed by atoms with Crippen LogP contribution < -0.4 is 26.0 Å². The number of para-hydroxylation sites is 1. The lowest BCUT2D eigenvalue weighted by atomic mass is 9.95. The fourth-order valence-electron chi connectivity index (χ4n) is 8.39. The minimum Gasteiger partial charge on any atom is -0.457 e. The summed E-state index contributed by atoms with van der Waals surface area (Å²) < 4.78 is 5.92. The molecule has 3 aromatic carbocycles. The number of carbonyl (C=O) groups excluding carboxylic acids is 4. The Hall–Kier alpha value is -6.19. The van der Waals surface area contributed by atoms with Crippen molar-refractivity contribution in [1.29, 1.82) is 5.41 Å². The fraction of sp³-hybridized carbons (Fsp3) is 0.341. The first-order chi connectivity index (χ1) is 27.2. The van der Waals surface area contributed by atoms with Gasteiger partial charge in [0, 0.05) is 75.1 Å². The number of anilines is 3. The molecule has 0 saturated carbocycles. The lowest BCUT2D eigenvalue weighted by Gasteiger charge is -2.55. The average Bonchev–Trinajstić information content (AvgIpc) is 3.41. The lowest BCUT2D eigenvalue weighted by molar-refractivity contribution is -0.136. The van der Waals surface area contributed by atoms with Crippen LogP contribution in [0, 0.1) is 5.41 Å². The van der Waals surface area contributed by atoms with Gasteiger partial charge in [-0.15, -0.1) is 0 Å². The Kier molecular flexibility index (Phi) is 9.17. The molecule has 56 heavy (non-hydrogen) atoms. The van der Waals surface area contributed by atoms with E-state index in [0.717, 1.165) is 68.4 Å². The molecule has 0 aliphatic carbocycles. The van der Waals surface area contributed by atoms with Crippen molar-refractivity contribution in [3.05, 3.63) is 101 Å². The molecule has 0 radical (unpaired) electrons. The number of hydrogen-bond acceptors (Lipinski definition) is 13. The first-order valence-corrected chi connectivity index (χ1v) is 19.1. The highest BCUT2D eigenvalue weighted by Gasteiger charge is 2.46. The van der Waals surface area contributed by atoms with Crippen molar-refractivity contribution >= 4 is 46.7 Å². The molecule has 9 rings (SSSR count). The Morgan fingerprint density at radius 2 is 1.50 bits per heavy atom. The topological polar surface area (TPSA) is 190 Å². The Labute approximate surface area is 323 Å². The zero-order valence-corrected chi connectivity index (χ0v) is 30.7. The van der Waals surface area contributed by atoms with Crippen molar-refractivity contribution < 1.29 is 23.9 Å². The molecule has 6 heterocycles. The first-order valence-electron chi connectivity index (χ1n) is 19.1. The summed E-state index contributed by atoms with van der Waals surface area (Å²) in [7, 11) is 0. The molecule has 0 spiro atoms. The van der Waals surface area contributed by atoms with Crippen molar-refractivity contribution in [2.75, 3.05) is 55.2 Å². The third-order valence-electron chi connectivity index (χ3n) is 11.7. The molecule has 0 bridgehead atoms. The molecule has 4 fully saturated rings. The summed E-state index contributed by atoms with van der Waals surface area (Å²) in [5, 5.41) is 14.8. The van der Waals surface area contributed by atoms with Crippen molar-refractivity contribution in [1.82, 2.24) is 30.0 Å². The van der Waals surface area contributed by atoms with E-state index in [9.17, 15) is 19.2 Å². The van der Waals surface area contributed by atoms with Gasteiger partial charge in [0.05, 0.1) is 22.4 Å². The van der Waals surface area contributed by atoms with E-state index in [2.05, 4.69) is 35.3 Å². The van der Waals surface area contributed by atoms with E-state index >= 15 is 0 Å². The number of benzene rings is 3. The molecular weight excluding hydrogens is 713 g/mol. The first kappa shape index (κ1) is 35.5. The highest BCUT2D eigenvalue weighted by molar-refractivity contribution is 6.23. The number of piperidine rings is 2. The second-order valence-corrected chi connectivity index (χ2v) is 15.1. The Morgan fingerprint density at radius 3 is 2.23 bits per heavy atom. The summed E-state index contributed by atoms with van der Waals surface area (Å²) in [6.07, 6.45) is 3.55. The van der Waals surface area contributed by atoms with Gasteiger partial charge in [0.2, 0.25) is 11.8 Å². The molecular formula is C41H42N10O5. The quantitative estimate of drug-likeness (QED) is 0.137. The number of aromatic nitrogens is 2. The number of rotatable bonds is 10. The Bertz CT molecular complexity index is 2210. The molecule has 4 saturated heterocycles. The van der Waals surface area contributed by atoms with Gasteiger partial charge in [-0.05, 0) is 73.9 Å². The van der Waals surface area contributed by atoms with E-state index in [4.69, 9.17) is 15.9 Å². The van der Waals surface area contributed by atoms with Crippen LogP contribution in [0.25, 0.3) is 0 Å². The van der Waals surface area contributed by atoms with Crippen LogP contribution in [0.2, 0.25) is 0 Å². The number of nitrogen functional groups attached to an aromatic ring is 1. The second-order valence-electron chi connectivity index (χ2n) is 15.1. The number of carbonyl (C=O) groups is 4. The predicted octanol–water partition coefficient (Wildman–Crippen LogP) is 3.12. The molecule has 15 nitrogen and oxygen atoms in total. The number of nitrogens with one attached hydrogen (secondary N) is 3. The van der Waals surface area contributed by atoms with Crippen LogP contribution >= 0.6 is 0 Å². The van der Waals surface area contributed by atoms with Crippen molar-refractivity contribution in [3.8, 4) is 11.5 Å². The zero-order chi connectivity index (χ0) is 38.5. The molecule has 4 aromatic rings. The highest BCUT2D eigenvalue weighted by Crippen LogP contribution is 2.34. The summed E-state index contributed by atoms with van der Waals surface area (Å²) in [4.78, 5) is 67.4. The highest BCUT2D eigenvalue weighted by atomic mass is 16.5. The number of ether oxygens (including phenoxy) is 1. The number of fused-ring (bicyclic) bond motifs is 1. The van der Waals surface area contributed by atoms with Crippen LogP contribution in [0.1, 0.15) is 57.5 Å². The molecule has 5 N–H and O–H groups in total. The van der Waals surface area contributed by atoms with Crippen LogP contribution in [-0.4, -0.2) is 117 Å². The molecule has 5 aliphatic rings. The van der Waals surface area contributed by atoms with E-state index < -0.39 is 29.7 Å². The third-order valence-corrected chi connectivity index (χ3v) is 11.7. The summed E-state index contributed by atoms with van der Waals surface area (Å²) in [5.41, 5.74) is 9.23. The largest absolute Gasteiger partial charge is 0.457 e. The number of imide groups is 2. The number of nitrogens with zero attached hydrogens (tertiary/aromatic N) is 6. The van der Waals surface area contributed by atoms with E-state index in [1.807, 2.05) is 60.7 Å². The van der Waals surface area contributed by atoms with Gasteiger partial charge in [-0.1, -0.05) is 18.2 Å². The van der Waals surface area contributed by atoms with Gasteiger partial charge in [0.1, 0.15) is 35.5 Å². The summed E-state index contributed by atoms with van der Waals surface area (Å²) in [6.45, 7) is 5.60. The standard InChI is InChI=1S/C41H42N10O5/c42-36(24-6-9-30(10-7-24)56-29-4-2-1-3-5-29)35-37(43)44-23-45-38(35)46-25-14-16-48(17-15-25)27-19-50(20-27)28-21-49(22-28)26-8-11-31-32(18-26)41(55)51(40(31)54)33-12-13-34(52)47-39(33)53/h1-11,18,23,25,27-28,33,42H,12-17,19-22H2,(H,47,52,53)(H3,43,44,45,46)/t33-/m1/s1. The van der Waals surface area contributed by atoms with Gasteiger partial charge in [0.15, 0.2) is 0 Å². The molecule has 4 amide bonds. The van der Waals surface area contributed by atoms with Crippen LogP contribution in [-0.2, 0) is 9.59 Å². The van der Waals surface area contributed by atoms with E-state index in [1.165, 1.54) is 6.33 Å². The summed E-state index contributed by atoms with van der Waals surface area (Å²) >= 11 is 0. The summed E-state index contributed by atoms with van der Waals surface area (Å²) in [5.74, 6) is 0.272. The SMILES string of the molecule is N=C(c1ccc(Oc2ccccc2)cc1)c1c(N)ncnc1NC1CCN(C2CN(C3CN(c4ccc5c(c4)C(=O)N([C@@H]4CCC(=O)NC4=O)C5=O)C3)C2)CC1. The van der Waals surface area contributed by atoms with Crippen LogP contribution in [0.3, 0.4) is 0 Å².